The fourth-order valence-corrected chi connectivity index (χ4v) is 8.37. The summed E-state index contributed by atoms with van der Waals surface area (Å²) in [5.74, 6) is 0.359. The van der Waals surface area contributed by atoms with E-state index in [2.05, 4.69) is 53.3 Å². The number of methoxy groups -OCH3 is 1. The van der Waals surface area contributed by atoms with Crippen LogP contribution in [0.4, 0.5) is 15.3 Å². The van der Waals surface area contributed by atoms with Gasteiger partial charge in [0.2, 0.25) is 0 Å². The van der Waals surface area contributed by atoms with Gasteiger partial charge in [0, 0.05) is 97.4 Å². The van der Waals surface area contributed by atoms with E-state index in [1.807, 2.05) is 91.7 Å². The van der Waals surface area contributed by atoms with E-state index in [9.17, 15) is 19.2 Å². The Balaban J connectivity index is 0.000000223. The van der Waals surface area contributed by atoms with Gasteiger partial charge in [-0.15, -0.1) is 0 Å². The fourth-order valence-electron chi connectivity index (χ4n) is 8.37. The summed E-state index contributed by atoms with van der Waals surface area (Å²) in [7, 11) is 7.11. The van der Waals surface area contributed by atoms with Crippen LogP contribution in [0.2, 0.25) is 0 Å². The van der Waals surface area contributed by atoms with Gasteiger partial charge in [0.25, 0.3) is 11.8 Å². The number of benzene rings is 3. The third kappa shape index (κ3) is 10.8. The molecule has 0 aliphatic carbocycles. The molecular weight excluding hydrogens is 801 g/mol. The Morgan fingerprint density at radius 2 is 1.10 bits per heavy atom. The van der Waals surface area contributed by atoms with E-state index in [4.69, 9.17) is 14.2 Å². The summed E-state index contributed by atoms with van der Waals surface area (Å²) in [6.45, 7) is 18.2. The lowest BCUT2D eigenvalue weighted by Gasteiger charge is -2.34. The fraction of sp³-hybridized carbons (Fsp3) is 0.458. The Hall–Kier alpha value is -6.06. The number of nitrogens with one attached hydrogen (secondary N) is 2. The smallest absolute Gasteiger partial charge is 0.409 e. The Morgan fingerprint density at radius 3 is 1.51 bits per heavy atom. The predicted octanol–water partition coefficient (Wildman–Crippen LogP) is 6.82. The lowest BCUT2D eigenvalue weighted by molar-refractivity contribution is 0.0773. The number of rotatable bonds is 10. The number of ether oxygens (including phenoxy) is 3. The maximum absolute atomic E-state index is 13.4. The van der Waals surface area contributed by atoms with E-state index in [0.717, 1.165) is 72.2 Å². The van der Waals surface area contributed by atoms with Crippen LogP contribution in [-0.2, 0) is 42.1 Å². The number of aromatic nitrogens is 2. The summed E-state index contributed by atoms with van der Waals surface area (Å²) in [5, 5.41) is 7.85. The van der Waals surface area contributed by atoms with Gasteiger partial charge < -0.3 is 43.8 Å². The number of piperazine rings is 2. The van der Waals surface area contributed by atoms with Crippen LogP contribution in [-0.4, -0.2) is 132 Å². The molecule has 15 nitrogen and oxygen atoms in total. The molecular formula is C48H64N8O7. The molecule has 0 spiro atoms. The molecule has 338 valence electrons. The normalized spacial score (nSPS) is 14.9. The molecule has 0 radical (unpaired) electrons. The van der Waals surface area contributed by atoms with Crippen LogP contribution < -0.4 is 15.4 Å². The van der Waals surface area contributed by atoms with Gasteiger partial charge in [-0.05, 0) is 60.2 Å². The molecule has 2 saturated heterocycles. The SMILES string of the molecule is CCOC(=O)N1CCN(Cc2cccc3cc(C(=O)NC)n(C)c23)CC1.CCOC(=O)N1CCN(Cc2cccc3cc(C(=O)Nc4cc(C(C)(C)C)ccc4OC)n(C)c23)CC1. The minimum absolute atomic E-state index is 0.0535. The highest BCUT2D eigenvalue weighted by molar-refractivity contribution is 6.07. The number of nitrogens with zero attached hydrogens (tertiary/aromatic N) is 6. The van der Waals surface area contributed by atoms with Crippen LogP contribution in [0.5, 0.6) is 5.75 Å². The lowest BCUT2D eigenvalue weighted by Crippen LogP contribution is -2.48. The molecule has 63 heavy (non-hydrogen) atoms. The summed E-state index contributed by atoms with van der Waals surface area (Å²) in [6.07, 6.45) is -0.473. The van der Waals surface area contributed by atoms with Gasteiger partial charge >= 0.3 is 12.2 Å². The molecule has 3 aromatic carbocycles. The molecule has 4 heterocycles. The first-order valence-corrected chi connectivity index (χ1v) is 21.8. The zero-order chi connectivity index (χ0) is 45.4. The first kappa shape index (κ1) is 46.4. The third-order valence-corrected chi connectivity index (χ3v) is 11.9. The van der Waals surface area contributed by atoms with E-state index < -0.39 is 0 Å². The number of amides is 4. The van der Waals surface area contributed by atoms with Crippen molar-refractivity contribution in [2.75, 3.05) is 85.0 Å². The molecule has 0 bridgehead atoms. The van der Waals surface area contributed by atoms with Crippen molar-refractivity contribution in [2.45, 2.75) is 53.1 Å². The van der Waals surface area contributed by atoms with Crippen molar-refractivity contribution in [3.05, 3.63) is 94.8 Å². The summed E-state index contributed by atoms with van der Waals surface area (Å²) < 4.78 is 19.6. The van der Waals surface area contributed by atoms with Gasteiger partial charge in [-0.3, -0.25) is 19.4 Å². The van der Waals surface area contributed by atoms with Crippen molar-refractivity contribution in [1.82, 2.24) is 34.1 Å². The zero-order valence-corrected chi connectivity index (χ0v) is 38.4. The molecule has 2 fully saturated rings. The first-order chi connectivity index (χ1) is 30.2. The number of hydrogen-bond donors (Lipinski definition) is 2. The third-order valence-electron chi connectivity index (χ3n) is 11.9. The average Bonchev–Trinajstić information content (AvgIpc) is 3.81. The van der Waals surface area contributed by atoms with Gasteiger partial charge in [0.05, 0.1) is 37.0 Å². The Labute approximate surface area is 370 Å². The minimum Gasteiger partial charge on any atom is -0.495 e. The van der Waals surface area contributed by atoms with Gasteiger partial charge in [-0.25, -0.2) is 9.59 Å². The molecule has 4 amide bonds. The molecule has 5 aromatic rings. The van der Waals surface area contributed by atoms with Gasteiger partial charge in [0.1, 0.15) is 17.1 Å². The Kier molecular flexibility index (Phi) is 15.1. The predicted molar refractivity (Wildman–Crippen MR) is 247 cm³/mol. The number of fused-ring (bicyclic) bond motifs is 2. The second kappa shape index (κ2) is 20.4. The van der Waals surface area contributed by atoms with Crippen LogP contribution in [0.15, 0.2) is 66.7 Å². The van der Waals surface area contributed by atoms with Crippen molar-refractivity contribution in [1.29, 1.82) is 0 Å². The maximum atomic E-state index is 13.4. The molecule has 15 heteroatoms. The van der Waals surface area contributed by atoms with E-state index in [0.29, 0.717) is 62.2 Å². The molecule has 7 rings (SSSR count). The van der Waals surface area contributed by atoms with E-state index in [1.165, 1.54) is 5.56 Å². The number of aryl methyl sites for hydroxylation is 2. The minimum atomic E-state index is -0.244. The van der Waals surface area contributed by atoms with Crippen LogP contribution in [0.3, 0.4) is 0 Å². The van der Waals surface area contributed by atoms with Crippen LogP contribution in [0, 0.1) is 0 Å². The van der Waals surface area contributed by atoms with E-state index in [1.54, 1.807) is 24.0 Å². The number of carbonyl (C=O) groups is 4. The number of anilines is 1. The summed E-state index contributed by atoms with van der Waals surface area (Å²) in [6, 6.07) is 22.1. The van der Waals surface area contributed by atoms with Crippen LogP contribution in [0.25, 0.3) is 21.8 Å². The van der Waals surface area contributed by atoms with E-state index >= 15 is 0 Å². The average molecular weight is 865 g/mol. The molecule has 2 aromatic heterocycles. The number of hydrogen-bond acceptors (Lipinski definition) is 9. The zero-order valence-electron chi connectivity index (χ0n) is 38.4. The maximum Gasteiger partial charge on any atom is 0.409 e. The highest BCUT2D eigenvalue weighted by Gasteiger charge is 2.26. The topological polar surface area (TPSA) is 143 Å². The van der Waals surface area contributed by atoms with Crippen LogP contribution >= 0.6 is 0 Å². The standard InChI is InChI=1S/C29H38N4O4.C19H26N4O3/c1-7-37-28(35)33-15-13-32(14-16-33)19-21-10-8-9-20-17-24(31(5)26(20)21)27(34)30-23-18-22(29(2,3)4)11-12-25(23)36-6;1-4-26-19(25)23-10-8-22(9-11-23)13-15-7-5-6-14-12-16(18(24)20-2)21(3)17(14)15/h8-12,17-18H,7,13-16,19H2,1-6H3,(H,30,34);5-7,12H,4,8-11,13H2,1-3H3,(H,20,24). The van der Waals surface area contributed by atoms with Crippen molar-refractivity contribution >= 4 is 51.5 Å². The van der Waals surface area contributed by atoms with Gasteiger partial charge in [-0.1, -0.05) is 63.2 Å². The summed E-state index contributed by atoms with van der Waals surface area (Å²) in [5.41, 5.74) is 7.41. The highest BCUT2D eigenvalue weighted by atomic mass is 16.6. The number of para-hydroxylation sites is 2. The van der Waals surface area contributed by atoms with Crippen molar-refractivity contribution in [2.24, 2.45) is 14.1 Å². The lowest BCUT2D eigenvalue weighted by atomic mass is 9.87. The largest absolute Gasteiger partial charge is 0.495 e. The van der Waals surface area contributed by atoms with Crippen molar-refractivity contribution in [3.63, 3.8) is 0 Å². The van der Waals surface area contributed by atoms with Crippen molar-refractivity contribution < 1.29 is 33.4 Å². The highest BCUT2D eigenvalue weighted by Crippen LogP contribution is 2.33. The molecule has 0 saturated carbocycles. The van der Waals surface area contributed by atoms with E-state index in [-0.39, 0.29) is 29.4 Å². The summed E-state index contributed by atoms with van der Waals surface area (Å²) in [4.78, 5) is 57.5. The molecule has 2 aliphatic rings. The second-order valence-corrected chi connectivity index (χ2v) is 17.0. The molecule has 0 atom stereocenters. The van der Waals surface area contributed by atoms with Crippen molar-refractivity contribution in [3.8, 4) is 5.75 Å². The van der Waals surface area contributed by atoms with Gasteiger partial charge in [0.15, 0.2) is 0 Å². The van der Waals surface area contributed by atoms with Crippen LogP contribution in [0.1, 0.15) is 72.3 Å². The monoisotopic (exact) mass is 864 g/mol. The van der Waals surface area contributed by atoms with Gasteiger partial charge in [-0.2, -0.15) is 0 Å². The first-order valence-electron chi connectivity index (χ1n) is 21.8. The second-order valence-electron chi connectivity index (χ2n) is 17.0. The summed E-state index contributed by atoms with van der Waals surface area (Å²) >= 11 is 0. The molecule has 2 N–H and O–H groups in total. The molecule has 2 aliphatic heterocycles. The Bertz CT molecular complexity index is 2420. The molecule has 0 unspecified atom stereocenters. The quantitative estimate of drug-likeness (QED) is 0.155. The number of carbonyl (C=O) groups excluding carboxylic acids is 4. The Morgan fingerprint density at radius 1 is 0.635 bits per heavy atom.